The van der Waals surface area contributed by atoms with E-state index in [1.165, 1.54) is 15.9 Å². The fourth-order valence-electron chi connectivity index (χ4n) is 2.83. The molecule has 0 amide bonds. The van der Waals surface area contributed by atoms with Crippen LogP contribution in [-0.2, 0) is 9.53 Å². The van der Waals surface area contributed by atoms with Gasteiger partial charge in [-0.1, -0.05) is 84.9 Å². The van der Waals surface area contributed by atoms with Crippen LogP contribution >= 0.6 is 7.92 Å². The number of nitrogens with zero attached hydrogens (tertiary/aromatic N) is 1. The van der Waals surface area contributed by atoms with Gasteiger partial charge < -0.3 is 4.74 Å². The van der Waals surface area contributed by atoms with Gasteiger partial charge in [0.05, 0.1) is 6.61 Å². The van der Waals surface area contributed by atoms with Gasteiger partial charge >= 0.3 is 5.97 Å². The molecule has 0 unspecified atom stereocenters. The minimum Gasteiger partial charge on any atom is -0.462 e. The molecular formula is C24H20NO2P. The lowest BCUT2D eigenvalue weighted by Crippen LogP contribution is -2.20. The van der Waals surface area contributed by atoms with E-state index in [0.717, 1.165) is 5.56 Å². The Morgan fingerprint density at radius 1 is 0.893 bits per heavy atom. The molecule has 0 aromatic heterocycles. The Morgan fingerprint density at radius 3 is 1.86 bits per heavy atom. The summed E-state index contributed by atoms with van der Waals surface area (Å²) in [4.78, 5) is 11.8. The number of carbonyl (C=O) groups is 1. The van der Waals surface area contributed by atoms with E-state index in [9.17, 15) is 10.1 Å². The zero-order chi connectivity index (χ0) is 19.8. The number of ether oxygens (including phenoxy) is 1. The Labute approximate surface area is 166 Å². The summed E-state index contributed by atoms with van der Waals surface area (Å²) in [6.07, 6.45) is 1.56. The van der Waals surface area contributed by atoms with Gasteiger partial charge in [-0.15, -0.1) is 0 Å². The first kappa shape index (κ1) is 19.5. The van der Waals surface area contributed by atoms with E-state index in [2.05, 4.69) is 60.7 Å². The Balaban J connectivity index is 1.95. The lowest BCUT2D eigenvalue weighted by molar-refractivity contribution is -0.137. The molecular weight excluding hydrogens is 365 g/mol. The Bertz CT molecular complexity index is 951. The van der Waals surface area contributed by atoms with Gasteiger partial charge in [0.25, 0.3) is 0 Å². The molecule has 3 rings (SSSR count). The van der Waals surface area contributed by atoms with Crippen LogP contribution in [0.3, 0.4) is 0 Å². The summed E-state index contributed by atoms with van der Waals surface area (Å²) >= 11 is 0. The predicted molar refractivity (Wildman–Crippen MR) is 115 cm³/mol. The molecule has 0 aliphatic carbocycles. The van der Waals surface area contributed by atoms with E-state index in [1.807, 2.05) is 30.3 Å². The summed E-state index contributed by atoms with van der Waals surface area (Å²) in [5.41, 5.74) is 0.799. The van der Waals surface area contributed by atoms with Crippen LogP contribution in [0.15, 0.2) is 90.5 Å². The third kappa shape index (κ3) is 4.74. The van der Waals surface area contributed by atoms with Gasteiger partial charge in [0, 0.05) is 0 Å². The molecule has 0 aliphatic rings. The summed E-state index contributed by atoms with van der Waals surface area (Å²) in [5.74, 6) is -0.593. The number of esters is 1. The molecule has 28 heavy (non-hydrogen) atoms. The van der Waals surface area contributed by atoms with Crippen LogP contribution in [0.4, 0.5) is 0 Å². The van der Waals surface area contributed by atoms with Crippen LogP contribution in [-0.4, -0.2) is 12.6 Å². The molecule has 138 valence electrons. The van der Waals surface area contributed by atoms with E-state index >= 15 is 0 Å². The molecule has 0 saturated carbocycles. The molecule has 0 radical (unpaired) electrons. The van der Waals surface area contributed by atoms with Crippen LogP contribution in [0.2, 0.25) is 0 Å². The van der Waals surface area contributed by atoms with Gasteiger partial charge in [0.2, 0.25) is 0 Å². The summed E-state index contributed by atoms with van der Waals surface area (Å²) in [6.45, 7) is 1.96. The molecule has 3 aromatic rings. The second-order valence-corrected chi connectivity index (χ2v) is 8.21. The Kier molecular flexibility index (Phi) is 6.73. The van der Waals surface area contributed by atoms with Gasteiger partial charge in [-0.2, -0.15) is 5.26 Å². The lowest BCUT2D eigenvalue weighted by atomic mass is 10.1. The lowest BCUT2D eigenvalue weighted by Gasteiger charge is -2.19. The maximum absolute atomic E-state index is 11.8. The third-order valence-corrected chi connectivity index (χ3v) is 6.55. The highest BCUT2D eigenvalue weighted by Crippen LogP contribution is 2.32. The molecule has 0 N–H and O–H groups in total. The zero-order valence-corrected chi connectivity index (χ0v) is 16.5. The fourth-order valence-corrected chi connectivity index (χ4v) is 5.12. The van der Waals surface area contributed by atoms with Crippen molar-refractivity contribution in [2.24, 2.45) is 0 Å². The summed E-state index contributed by atoms with van der Waals surface area (Å²) in [7, 11) is -0.678. The number of hydrogen-bond donors (Lipinski definition) is 0. The Hall–Kier alpha value is -3.21. The van der Waals surface area contributed by atoms with E-state index < -0.39 is 13.9 Å². The highest BCUT2D eigenvalue weighted by Gasteiger charge is 2.16. The standard InChI is InChI=1S/C24H20NO2P/c1-2-27-24(26)20(18-25)17-19-13-15-23(16-14-19)28(21-9-5-3-6-10-21)22-11-7-4-8-12-22/h3-17H,2H2,1H3/b20-17+. The minimum atomic E-state index is -0.678. The first-order chi connectivity index (χ1) is 13.7. The molecule has 4 heteroatoms. The van der Waals surface area contributed by atoms with E-state index in [-0.39, 0.29) is 12.2 Å². The largest absolute Gasteiger partial charge is 0.462 e. The smallest absolute Gasteiger partial charge is 0.348 e. The van der Waals surface area contributed by atoms with Gasteiger partial charge in [0.15, 0.2) is 0 Å². The zero-order valence-electron chi connectivity index (χ0n) is 15.6. The van der Waals surface area contributed by atoms with Crippen LogP contribution < -0.4 is 15.9 Å². The third-order valence-electron chi connectivity index (χ3n) is 4.11. The number of nitriles is 1. The van der Waals surface area contributed by atoms with Crippen LogP contribution in [0.1, 0.15) is 12.5 Å². The summed E-state index contributed by atoms with van der Waals surface area (Å²) in [6, 6.07) is 30.8. The molecule has 0 aliphatic heterocycles. The SMILES string of the molecule is CCOC(=O)/C(C#N)=C/c1ccc(P(c2ccccc2)c2ccccc2)cc1. The van der Waals surface area contributed by atoms with E-state index in [4.69, 9.17) is 4.74 Å². The van der Waals surface area contributed by atoms with Crippen molar-refractivity contribution in [2.75, 3.05) is 6.61 Å². The molecule has 0 bridgehead atoms. The minimum absolute atomic E-state index is 0.00276. The van der Waals surface area contributed by atoms with Crippen molar-refractivity contribution in [1.29, 1.82) is 5.26 Å². The maximum atomic E-state index is 11.8. The first-order valence-corrected chi connectivity index (χ1v) is 10.4. The second kappa shape index (κ2) is 9.65. The number of carbonyl (C=O) groups excluding carboxylic acids is 1. The van der Waals surface area contributed by atoms with Crippen LogP contribution in [0.25, 0.3) is 6.08 Å². The highest BCUT2D eigenvalue weighted by atomic mass is 31.1. The molecule has 0 spiro atoms. The van der Waals surface area contributed by atoms with E-state index in [0.29, 0.717) is 0 Å². The average molecular weight is 385 g/mol. The van der Waals surface area contributed by atoms with Crippen molar-refractivity contribution in [1.82, 2.24) is 0 Å². The summed E-state index contributed by atoms with van der Waals surface area (Å²) in [5, 5.41) is 13.0. The van der Waals surface area contributed by atoms with Crippen molar-refractivity contribution in [3.8, 4) is 6.07 Å². The molecule has 0 fully saturated rings. The molecule has 0 atom stereocenters. The van der Waals surface area contributed by atoms with Gasteiger partial charge in [0.1, 0.15) is 11.6 Å². The van der Waals surface area contributed by atoms with E-state index in [1.54, 1.807) is 13.0 Å². The average Bonchev–Trinajstić information content (AvgIpc) is 2.75. The maximum Gasteiger partial charge on any atom is 0.348 e. The van der Waals surface area contributed by atoms with Gasteiger partial charge in [-0.25, -0.2) is 4.79 Å². The summed E-state index contributed by atoms with van der Waals surface area (Å²) < 4.78 is 4.92. The predicted octanol–water partition coefficient (Wildman–Crippen LogP) is 3.91. The fraction of sp³-hybridized carbons (Fsp3) is 0.0833. The number of rotatable bonds is 6. The topological polar surface area (TPSA) is 50.1 Å². The van der Waals surface area contributed by atoms with Crippen molar-refractivity contribution < 1.29 is 9.53 Å². The first-order valence-electron chi connectivity index (χ1n) is 9.02. The molecule has 3 aromatic carbocycles. The van der Waals surface area contributed by atoms with Gasteiger partial charge in [-0.05, 0) is 42.4 Å². The molecule has 3 nitrogen and oxygen atoms in total. The van der Waals surface area contributed by atoms with Crippen molar-refractivity contribution >= 4 is 35.9 Å². The van der Waals surface area contributed by atoms with Crippen molar-refractivity contribution in [3.05, 3.63) is 96.1 Å². The van der Waals surface area contributed by atoms with Crippen LogP contribution in [0.5, 0.6) is 0 Å². The number of hydrogen-bond acceptors (Lipinski definition) is 3. The van der Waals surface area contributed by atoms with Gasteiger partial charge in [-0.3, -0.25) is 0 Å². The monoisotopic (exact) mass is 385 g/mol. The molecule has 0 saturated heterocycles. The second-order valence-electron chi connectivity index (χ2n) is 5.99. The van der Waals surface area contributed by atoms with Crippen molar-refractivity contribution in [3.63, 3.8) is 0 Å². The normalized spacial score (nSPS) is 11.1. The molecule has 0 heterocycles. The quantitative estimate of drug-likeness (QED) is 0.280. The van der Waals surface area contributed by atoms with Crippen molar-refractivity contribution in [2.45, 2.75) is 6.92 Å². The Morgan fingerprint density at radius 2 is 1.39 bits per heavy atom. The van der Waals surface area contributed by atoms with Crippen LogP contribution in [0, 0.1) is 11.3 Å². The number of benzene rings is 3. The highest BCUT2D eigenvalue weighted by molar-refractivity contribution is 7.79.